The highest BCUT2D eigenvalue weighted by Gasteiger charge is 2.30. The van der Waals surface area contributed by atoms with E-state index in [0.717, 1.165) is 17.7 Å². The molecule has 1 N–H and O–H groups in total. The van der Waals surface area contributed by atoms with Crippen LogP contribution in [0.1, 0.15) is 25.0 Å². The molecule has 0 amide bonds. The zero-order chi connectivity index (χ0) is 15.5. The lowest BCUT2D eigenvalue weighted by atomic mass is 10.1. The second-order valence-electron chi connectivity index (χ2n) is 5.68. The fourth-order valence-electron chi connectivity index (χ4n) is 2.62. The largest absolute Gasteiger partial charge is 0.316 e. The highest BCUT2D eigenvalue weighted by atomic mass is 32.2. The first-order chi connectivity index (χ1) is 9.90. The van der Waals surface area contributed by atoms with Crippen LogP contribution in [0.5, 0.6) is 0 Å². The van der Waals surface area contributed by atoms with Crippen LogP contribution in [0.15, 0.2) is 24.3 Å². The van der Waals surface area contributed by atoms with E-state index in [1.807, 2.05) is 43.1 Å². The van der Waals surface area contributed by atoms with Gasteiger partial charge in [0.15, 0.2) is 0 Å². The number of thioether (sulfide) groups is 1. The number of rotatable bonds is 5. The fourth-order valence-corrected chi connectivity index (χ4v) is 5.83. The summed E-state index contributed by atoms with van der Waals surface area (Å²) in [5.41, 5.74) is 2.02. The zero-order valence-corrected chi connectivity index (χ0v) is 14.5. The third-order valence-electron chi connectivity index (χ3n) is 3.53. The Kier molecular flexibility index (Phi) is 5.71. The van der Waals surface area contributed by atoms with Crippen molar-refractivity contribution in [3.63, 3.8) is 0 Å². The molecule has 21 heavy (non-hydrogen) atoms. The Morgan fingerprint density at radius 1 is 1.14 bits per heavy atom. The van der Waals surface area contributed by atoms with Gasteiger partial charge in [-0.3, -0.25) is 0 Å². The quantitative estimate of drug-likeness (QED) is 0.899. The Hall–Kier alpha value is -0.560. The van der Waals surface area contributed by atoms with Crippen molar-refractivity contribution in [1.82, 2.24) is 9.62 Å². The number of hydrogen-bond donors (Lipinski definition) is 1. The molecule has 0 aliphatic carbocycles. The molecule has 0 aromatic heterocycles. The van der Waals surface area contributed by atoms with Gasteiger partial charge in [0.05, 0.1) is 5.75 Å². The lowest BCUT2D eigenvalue weighted by molar-refractivity contribution is 0.404. The smallest absolute Gasteiger partial charge is 0.218 e. The summed E-state index contributed by atoms with van der Waals surface area (Å²) in [6, 6.07) is 7.79. The van der Waals surface area contributed by atoms with E-state index >= 15 is 0 Å². The van der Waals surface area contributed by atoms with Gasteiger partial charge in [0, 0.05) is 30.1 Å². The first-order valence-electron chi connectivity index (χ1n) is 7.26. The molecule has 118 valence electrons. The summed E-state index contributed by atoms with van der Waals surface area (Å²) in [6.45, 7) is 6.22. The minimum absolute atomic E-state index is 0.0942. The number of nitrogens with one attached hydrogen (secondary N) is 1. The molecule has 4 nitrogen and oxygen atoms in total. The Balaban J connectivity index is 2.06. The van der Waals surface area contributed by atoms with Crippen molar-refractivity contribution in [2.45, 2.75) is 36.6 Å². The Labute approximate surface area is 132 Å². The Bertz CT molecular complexity index is 548. The molecule has 0 saturated carbocycles. The summed E-state index contributed by atoms with van der Waals surface area (Å²) in [5, 5.41) is 3.81. The van der Waals surface area contributed by atoms with E-state index in [1.54, 1.807) is 4.31 Å². The fraction of sp³-hybridized carbons (Fsp3) is 0.600. The SMILES string of the molecule is CNCc1ccc(CS(=O)(=O)N2CC(C)SC(C)C2)cc1. The normalized spacial score (nSPS) is 24.1. The predicted molar refractivity (Wildman–Crippen MR) is 89.9 cm³/mol. The highest BCUT2D eigenvalue weighted by molar-refractivity contribution is 8.00. The van der Waals surface area contributed by atoms with Crippen LogP contribution in [0.2, 0.25) is 0 Å². The lowest BCUT2D eigenvalue weighted by Crippen LogP contribution is -2.44. The zero-order valence-electron chi connectivity index (χ0n) is 12.9. The van der Waals surface area contributed by atoms with Gasteiger partial charge in [-0.15, -0.1) is 0 Å². The van der Waals surface area contributed by atoms with Gasteiger partial charge in [-0.05, 0) is 18.2 Å². The van der Waals surface area contributed by atoms with Crippen molar-refractivity contribution in [3.05, 3.63) is 35.4 Å². The van der Waals surface area contributed by atoms with E-state index in [1.165, 1.54) is 0 Å². The molecule has 1 aliphatic rings. The van der Waals surface area contributed by atoms with Crippen molar-refractivity contribution in [1.29, 1.82) is 0 Å². The number of nitrogens with zero attached hydrogens (tertiary/aromatic N) is 1. The summed E-state index contributed by atoms with van der Waals surface area (Å²) < 4.78 is 26.8. The standard InChI is InChI=1S/C15H24N2O2S2/c1-12-9-17(10-13(2)20-12)21(18,19)11-15-6-4-14(5-7-15)8-16-3/h4-7,12-13,16H,8-11H2,1-3H3. The molecule has 2 rings (SSSR count). The molecule has 2 unspecified atom stereocenters. The van der Waals surface area contributed by atoms with Crippen LogP contribution in [0.4, 0.5) is 0 Å². The average Bonchev–Trinajstić information content (AvgIpc) is 2.40. The van der Waals surface area contributed by atoms with Gasteiger partial charge in [0.25, 0.3) is 0 Å². The summed E-state index contributed by atoms with van der Waals surface area (Å²) in [5.74, 6) is 0.0942. The van der Waals surface area contributed by atoms with E-state index in [2.05, 4.69) is 19.2 Å². The first kappa shape index (κ1) is 16.8. The summed E-state index contributed by atoms with van der Waals surface area (Å²) >= 11 is 1.86. The maximum Gasteiger partial charge on any atom is 0.218 e. The minimum Gasteiger partial charge on any atom is -0.316 e. The molecule has 1 aromatic rings. The van der Waals surface area contributed by atoms with Gasteiger partial charge in [0.2, 0.25) is 10.0 Å². The lowest BCUT2D eigenvalue weighted by Gasteiger charge is -2.33. The Morgan fingerprint density at radius 2 is 1.67 bits per heavy atom. The van der Waals surface area contributed by atoms with Crippen LogP contribution in [0, 0.1) is 0 Å². The minimum atomic E-state index is -3.22. The molecule has 1 saturated heterocycles. The molecule has 1 aliphatic heterocycles. The van der Waals surface area contributed by atoms with Crippen LogP contribution >= 0.6 is 11.8 Å². The van der Waals surface area contributed by atoms with E-state index < -0.39 is 10.0 Å². The van der Waals surface area contributed by atoms with Gasteiger partial charge in [-0.25, -0.2) is 8.42 Å². The molecular weight excluding hydrogens is 304 g/mol. The van der Waals surface area contributed by atoms with Crippen molar-refractivity contribution >= 4 is 21.8 Å². The first-order valence-corrected chi connectivity index (χ1v) is 9.81. The average molecular weight is 329 g/mol. The molecule has 1 fully saturated rings. The van der Waals surface area contributed by atoms with E-state index in [0.29, 0.717) is 23.6 Å². The van der Waals surface area contributed by atoms with Crippen molar-refractivity contribution < 1.29 is 8.42 Å². The van der Waals surface area contributed by atoms with Crippen molar-refractivity contribution in [2.24, 2.45) is 0 Å². The van der Waals surface area contributed by atoms with Gasteiger partial charge in [0.1, 0.15) is 0 Å². The summed E-state index contributed by atoms with van der Waals surface area (Å²) in [4.78, 5) is 0. The van der Waals surface area contributed by atoms with Gasteiger partial charge < -0.3 is 5.32 Å². The topological polar surface area (TPSA) is 49.4 Å². The molecule has 0 spiro atoms. The van der Waals surface area contributed by atoms with Gasteiger partial charge in [-0.2, -0.15) is 16.1 Å². The third-order valence-corrected chi connectivity index (χ3v) is 6.54. The van der Waals surface area contributed by atoms with E-state index in [4.69, 9.17) is 0 Å². The number of sulfonamides is 1. The van der Waals surface area contributed by atoms with Crippen LogP contribution in [0.25, 0.3) is 0 Å². The molecule has 0 bridgehead atoms. The van der Waals surface area contributed by atoms with Crippen LogP contribution in [0.3, 0.4) is 0 Å². The van der Waals surface area contributed by atoms with Crippen LogP contribution in [-0.2, 0) is 22.3 Å². The number of hydrogen-bond acceptors (Lipinski definition) is 4. The maximum absolute atomic E-state index is 12.6. The van der Waals surface area contributed by atoms with Gasteiger partial charge in [-0.1, -0.05) is 38.1 Å². The third kappa shape index (κ3) is 4.71. The monoisotopic (exact) mass is 328 g/mol. The van der Waals surface area contributed by atoms with E-state index in [9.17, 15) is 8.42 Å². The molecule has 1 heterocycles. The second kappa shape index (κ2) is 7.13. The van der Waals surface area contributed by atoms with Crippen LogP contribution < -0.4 is 5.32 Å². The van der Waals surface area contributed by atoms with Crippen molar-refractivity contribution in [2.75, 3.05) is 20.1 Å². The summed E-state index contributed by atoms with van der Waals surface area (Å²) in [7, 11) is -1.33. The molecule has 2 atom stereocenters. The predicted octanol–water partition coefficient (Wildman–Crippen LogP) is 2.06. The maximum atomic E-state index is 12.6. The molecule has 0 radical (unpaired) electrons. The molecular formula is C15H24N2O2S2. The number of benzene rings is 1. The summed E-state index contributed by atoms with van der Waals surface area (Å²) in [6.07, 6.45) is 0. The second-order valence-corrected chi connectivity index (χ2v) is 9.53. The van der Waals surface area contributed by atoms with Crippen LogP contribution in [-0.4, -0.2) is 43.4 Å². The Morgan fingerprint density at radius 3 is 2.19 bits per heavy atom. The van der Waals surface area contributed by atoms with Gasteiger partial charge >= 0.3 is 0 Å². The molecule has 6 heteroatoms. The molecule has 1 aromatic carbocycles. The van der Waals surface area contributed by atoms with E-state index in [-0.39, 0.29) is 5.75 Å². The van der Waals surface area contributed by atoms with Crippen molar-refractivity contribution in [3.8, 4) is 0 Å². The highest BCUT2D eigenvalue weighted by Crippen LogP contribution is 2.27.